The smallest absolute Gasteiger partial charge is 0.270 e. The summed E-state index contributed by atoms with van der Waals surface area (Å²) in [5.74, 6) is -0.768. The minimum atomic E-state index is -0.458. The van der Waals surface area contributed by atoms with E-state index in [4.69, 9.17) is 16.3 Å². The first-order valence-corrected chi connectivity index (χ1v) is 7.63. The molecule has 2 N–H and O–H groups in total. The topological polar surface area (TPSA) is 98.1 Å². The Bertz CT molecular complexity index is 704. The molecule has 2 amide bonds. The van der Waals surface area contributed by atoms with Crippen LogP contribution in [0.25, 0.3) is 0 Å². The van der Waals surface area contributed by atoms with E-state index in [1.807, 2.05) is 6.20 Å². The summed E-state index contributed by atoms with van der Waals surface area (Å²) in [4.78, 5) is 27.5. The lowest BCUT2D eigenvalue weighted by Crippen LogP contribution is -2.36. The van der Waals surface area contributed by atoms with Crippen molar-refractivity contribution in [3.05, 3.63) is 47.0 Å². The summed E-state index contributed by atoms with van der Waals surface area (Å²) in [6.07, 6.45) is 4.93. The van der Waals surface area contributed by atoms with E-state index in [9.17, 15) is 9.59 Å². The summed E-state index contributed by atoms with van der Waals surface area (Å²) < 4.78 is 6.70. The van der Waals surface area contributed by atoms with Gasteiger partial charge in [-0.1, -0.05) is 11.6 Å². The summed E-state index contributed by atoms with van der Waals surface area (Å²) in [6.45, 7) is 1.39. The van der Waals surface area contributed by atoms with Crippen molar-refractivity contribution < 1.29 is 14.3 Å². The van der Waals surface area contributed by atoms with E-state index >= 15 is 0 Å². The molecule has 24 heavy (non-hydrogen) atoms. The maximum atomic E-state index is 11.8. The van der Waals surface area contributed by atoms with E-state index in [1.165, 1.54) is 12.3 Å². The van der Waals surface area contributed by atoms with Crippen molar-refractivity contribution in [2.75, 3.05) is 20.3 Å². The van der Waals surface area contributed by atoms with Crippen LogP contribution in [0.2, 0.25) is 5.02 Å². The van der Waals surface area contributed by atoms with Gasteiger partial charge in [0, 0.05) is 36.6 Å². The van der Waals surface area contributed by atoms with Crippen LogP contribution >= 0.6 is 11.6 Å². The van der Waals surface area contributed by atoms with Crippen molar-refractivity contribution in [2.45, 2.75) is 13.1 Å². The zero-order chi connectivity index (χ0) is 17.4. The molecule has 9 heteroatoms. The molecule has 0 spiro atoms. The number of halogens is 1. The average Bonchev–Trinajstić information content (AvgIpc) is 3.03. The van der Waals surface area contributed by atoms with Gasteiger partial charge < -0.3 is 15.4 Å². The number of amides is 2. The molecule has 0 fully saturated rings. The van der Waals surface area contributed by atoms with Crippen LogP contribution in [0.1, 0.15) is 16.1 Å². The zero-order valence-corrected chi connectivity index (χ0v) is 13.9. The molecule has 0 bridgehead atoms. The Kier molecular flexibility index (Phi) is 6.71. The molecule has 2 aromatic rings. The molecule has 0 unspecified atom stereocenters. The van der Waals surface area contributed by atoms with Gasteiger partial charge in [-0.2, -0.15) is 5.10 Å². The predicted octanol–water partition coefficient (Wildman–Crippen LogP) is 0.624. The van der Waals surface area contributed by atoms with Crippen molar-refractivity contribution in [1.29, 1.82) is 0 Å². The molecule has 0 aliphatic carbocycles. The monoisotopic (exact) mass is 351 g/mol. The third-order valence-corrected chi connectivity index (χ3v) is 3.30. The summed E-state index contributed by atoms with van der Waals surface area (Å²) in [5.41, 5.74) is 1.03. The van der Waals surface area contributed by atoms with Gasteiger partial charge >= 0.3 is 0 Å². The molecule has 0 aliphatic rings. The van der Waals surface area contributed by atoms with Gasteiger partial charge in [-0.25, -0.2) is 0 Å². The van der Waals surface area contributed by atoms with Gasteiger partial charge in [0.15, 0.2) is 0 Å². The Hall–Kier alpha value is -2.45. The van der Waals surface area contributed by atoms with Gasteiger partial charge in [-0.15, -0.1) is 0 Å². The normalized spacial score (nSPS) is 10.4. The van der Waals surface area contributed by atoms with Crippen LogP contribution in [0.15, 0.2) is 30.7 Å². The fourth-order valence-corrected chi connectivity index (χ4v) is 2.01. The van der Waals surface area contributed by atoms with Crippen molar-refractivity contribution >= 4 is 23.4 Å². The van der Waals surface area contributed by atoms with E-state index in [0.29, 0.717) is 24.7 Å². The van der Waals surface area contributed by atoms with Crippen molar-refractivity contribution in [3.8, 4) is 0 Å². The number of ether oxygens (including phenoxy) is 1. The molecule has 8 nitrogen and oxygen atoms in total. The number of nitrogens with zero attached hydrogens (tertiary/aromatic N) is 3. The Morgan fingerprint density at radius 2 is 2.21 bits per heavy atom. The third kappa shape index (κ3) is 5.64. The van der Waals surface area contributed by atoms with E-state index < -0.39 is 5.91 Å². The SMILES string of the molecule is COCCn1cc(CNC(=O)CNC(=O)c2cc(Cl)ccn2)cn1. The molecule has 2 heterocycles. The molecule has 0 saturated carbocycles. The number of hydrogen-bond acceptors (Lipinski definition) is 5. The van der Waals surface area contributed by atoms with Gasteiger partial charge in [0.1, 0.15) is 5.69 Å². The summed E-state index contributed by atoms with van der Waals surface area (Å²) in [5, 5.41) is 9.74. The highest BCUT2D eigenvalue weighted by atomic mass is 35.5. The fourth-order valence-electron chi connectivity index (χ4n) is 1.85. The van der Waals surface area contributed by atoms with Crippen LogP contribution in [0.4, 0.5) is 0 Å². The lowest BCUT2D eigenvalue weighted by molar-refractivity contribution is -0.120. The maximum Gasteiger partial charge on any atom is 0.270 e. The quantitative estimate of drug-likeness (QED) is 0.726. The Morgan fingerprint density at radius 1 is 1.38 bits per heavy atom. The van der Waals surface area contributed by atoms with Gasteiger partial charge in [0.05, 0.1) is 25.9 Å². The number of carbonyl (C=O) groups excluding carboxylic acids is 2. The molecule has 2 aromatic heterocycles. The zero-order valence-electron chi connectivity index (χ0n) is 13.2. The minimum absolute atomic E-state index is 0.148. The number of hydrogen-bond donors (Lipinski definition) is 2. The van der Waals surface area contributed by atoms with E-state index in [1.54, 1.807) is 24.1 Å². The predicted molar refractivity (Wildman–Crippen MR) is 87.5 cm³/mol. The molecule has 0 atom stereocenters. The first kappa shape index (κ1) is 17.9. The molecule has 2 rings (SSSR count). The van der Waals surface area contributed by atoms with Crippen LogP contribution in [-0.4, -0.2) is 46.8 Å². The summed E-state index contributed by atoms with van der Waals surface area (Å²) in [6, 6.07) is 3.00. The molecule has 0 radical (unpaired) electrons. The number of carbonyl (C=O) groups is 2. The van der Waals surface area contributed by atoms with Gasteiger partial charge in [0.25, 0.3) is 5.91 Å². The lowest BCUT2D eigenvalue weighted by atomic mass is 10.3. The highest BCUT2D eigenvalue weighted by Crippen LogP contribution is 2.07. The second kappa shape index (κ2) is 8.99. The third-order valence-electron chi connectivity index (χ3n) is 3.07. The standard InChI is InChI=1S/C15H18ClN5O3/c1-24-5-4-21-10-11(8-20-21)7-18-14(22)9-19-15(23)13-6-12(16)2-3-17-13/h2-3,6,8,10H,4-5,7,9H2,1H3,(H,18,22)(H,19,23). The number of nitrogens with one attached hydrogen (secondary N) is 2. The van der Waals surface area contributed by atoms with Gasteiger partial charge in [-0.05, 0) is 12.1 Å². The number of methoxy groups -OCH3 is 1. The Morgan fingerprint density at radius 3 is 2.96 bits per heavy atom. The average molecular weight is 352 g/mol. The molecular weight excluding hydrogens is 334 g/mol. The highest BCUT2D eigenvalue weighted by molar-refractivity contribution is 6.30. The van der Waals surface area contributed by atoms with Crippen LogP contribution < -0.4 is 10.6 Å². The van der Waals surface area contributed by atoms with Gasteiger partial charge in [0.2, 0.25) is 5.91 Å². The fraction of sp³-hybridized carbons (Fsp3) is 0.333. The van der Waals surface area contributed by atoms with Crippen LogP contribution in [0.5, 0.6) is 0 Å². The summed E-state index contributed by atoms with van der Waals surface area (Å²) >= 11 is 5.79. The number of rotatable bonds is 8. The van der Waals surface area contributed by atoms with E-state index in [-0.39, 0.29) is 18.1 Å². The Labute approximate surface area is 144 Å². The molecule has 128 valence electrons. The largest absolute Gasteiger partial charge is 0.383 e. The van der Waals surface area contributed by atoms with Crippen LogP contribution in [-0.2, 0) is 22.6 Å². The molecular formula is C15H18ClN5O3. The number of pyridine rings is 1. The van der Waals surface area contributed by atoms with E-state index in [2.05, 4.69) is 20.7 Å². The first-order valence-electron chi connectivity index (χ1n) is 7.25. The van der Waals surface area contributed by atoms with Crippen molar-refractivity contribution in [2.24, 2.45) is 0 Å². The minimum Gasteiger partial charge on any atom is -0.383 e. The molecule has 0 saturated heterocycles. The summed E-state index contributed by atoms with van der Waals surface area (Å²) in [7, 11) is 1.62. The van der Waals surface area contributed by atoms with Crippen LogP contribution in [0.3, 0.4) is 0 Å². The lowest BCUT2D eigenvalue weighted by Gasteiger charge is -2.06. The van der Waals surface area contributed by atoms with Crippen molar-refractivity contribution in [1.82, 2.24) is 25.4 Å². The highest BCUT2D eigenvalue weighted by Gasteiger charge is 2.10. The van der Waals surface area contributed by atoms with Crippen molar-refractivity contribution in [3.63, 3.8) is 0 Å². The number of aromatic nitrogens is 3. The van der Waals surface area contributed by atoms with Crippen LogP contribution in [0, 0.1) is 0 Å². The maximum absolute atomic E-state index is 11.8. The molecule has 0 aromatic carbocycles. The van der Waals surface area contributed by atoms with Gasteiger partial charge in [-0.3, -0.25) is 19.3 Å². The molecule has 0 aliphatic heterocycles. The van der Waals surface area contributed by atoms with E-state index in [0.717, 1.165) is 5.56 Å². The second-order valence-corrected chi connectivity index (χ2v) is 5.36. The second-order valence-electron chi connectivity index (χ2n) is 4.92. The Balaban J connectivity index is 1.73. The first-order chi connectivity index (χ1) is 11.6.